The number of phosphoric ester groups is 2. The van der Waals surface area contributed by atoms with E-state index in [-0.39, 0.29) is 25.7 Å². The molecule has 2 fully saturated rings. The van der Waals surface area contributed by atoms with Crippen LogP contribution in [0.4, 0.5) is 0 Å². The molecule has 25 nitrogen and oxygen atoms in total. The van der Waals surface area contributed by atoms with Crippen molar-refractivity contribution >= 4 is 39.4 Å². The smallest absolute Gasteiger partial charge is 0.457 e. The van der Waals surface area contributed by atoms with E-state index in [0.29, 0.717) is 25.7 Å². The van der Waals surface area contributed by atoms with Crippen LogP contribution in [0.2, 0.25) is 0 Å². The van der Waals surface area contributed by atoms with E-state index in [1.54, 1.807) is 0 Å². The van der Waals surface area contributed by atoms with E-state index in [1.165, 1.54) is 51.4 Å². The summed E-state index contributed by atoms with van der Waals surface area (Å²) in [5.41, 5.74) is 0. The van der Waals surface area contributed by atoms with Gasteiger partial charge in [0.1, 0.15) is 36.5 Å². The van der Waals surface area contributed by atoms with Gasteiger partial charge in [-0.2, -0.15) is 0 Å². The minimum atomic E-state index is -5.61. The number of ether oxygens (including phenoxy) is 5. The molecule has 0 aromatic rings. The lowest BCUT2D eigenvalue weighted by molar-refractivity contribution is -0.296. The number of phosphoric acid groups is 2. The number of hydrogen-bond acceptors (Lipinski definition) is 19. The zero-order chi connectivity index (χ0) is 70.3. The van der Waals surface area contributed by atoms with E-state index in [4.69, 9.17) is 32.7 Å². The molecule has 560 valence electrons. The van der Waals surface area contributed by atoms with Crippen molar-refractivity contribution in [1.82, 2.24) is 10.6 Å². The summed E-state index contributed by atoms with van der Waals surface area (Å²) in [5.74, 6) is -4.01. The molecule has 2 rings (SSSR count). The highest BCUT2D eigenvalue weighted by molar-refractivity contribution is 7.46. The van der Waals surface area contributed by atoms with E-state index in [1.807, 2.05) is 0 Å². The van der Waals surface area contributed by atoms with Crippen LogP contribution < -0.4 is 10.6 Å². The Morgan fingerprint density at radius 2 is 0.695 bits per heavy atom. The fraction of sp³-hybridized carbons (Fsp3) is 0.941. The van der Waals surface area contributed by atoms with Gasteiger partial charge in [-0.1, -0.05) is 259 Å². The largest absolute Gasteiger partial charge is 0.472 e. The summed E-state index contributed by atoms with van der Waals surface area (Å²) in [6.07, 6.45) is 13.8. The van der Waals surface area contributed by atoms with E-state index in [0.717, 1.165) is 154 Å². The first-order chi connectivity index (χ1) is 45.4. The molecular formula is C68H130N2O23P2. The van der Waals surface area contributed by atoms with Gasteiger partial charge in [0.15, 0.2) is 24.8 Å². The van der Waals surface area contributed by atoms with Crippen LogP contribution in [-0.4, -0.2) is 173 Å². The normalized spacial score (nSPS) is 23.0. The third kappa shape index (κ3) is 43.2. The molecule has 2 amide bonds. The number of carbonyl (C=O) groups excluding carboxylic acids is 4. The highest BCUT2D eigenvalue weighted by atomic mass is 31.2. The lowest BCUT2D eigenvalue weighted by atomic mass is 9.95. The predicted octanol–water partition coefficient (Wildman–Crippen LogP) is 10.9. The Morgan fingerprint density at radius 1 is 0.400 bits per heavy atom. The van der Waals surface area contributed by atoms with Crippen molar-refractivity contribution in [1.29, 1.82) is 0 Å². The molecule has 0 aromatic carbocycles. The van der Waals surface area contributed by atoms with Crippen LogP contribution in [0.1, 0.15) is 310 Å². The Bertz CT molecular complexity index is 2080. The molecule has 2 aliphatic rings. The van der Waals surface area contributed by atoms with Crippen molar-refractivity contribution in [3.63, 3.8) is 0 Å². The van der Waals surface area contributed by atoms with Crippen molar-refractivity contribution in [3.05, 3.63) is 0 Å². The number of nitrogens with one attached hydrogen (secondary N) is 2. The molecule has 0 radical (unpaired) electrons. The molecule has 27 heteroatoms. The minimum absolute atomic E-state index is 0.196. The fourth-order valence-corrected chi connectivity index (χ4v) is 13.4. The number of esters is 2. The van der Waals surface area contributed by atoms with Gasteiger partial charge in [0, 0.05) is 0 Å². The lowest BCUT2D eigenvalue weighted by Gasteiger charge is -2.47. The molecule has 12 N–H and O–H groups in total. The average Bonchev–Trinajstić information content (AvgIpc) is 0.817. The van der Waals surface area contributed by atoms with Gasteiger partial charge in [0.05, 0.1) is 63.3 Å². The highest BCUT2D eigenvalue weighted by Gasteiger charge is 2.55. The maximum absolute atomic E-state index is 14.1. The van der Waals surface area contributed by atoms with Crippen molar-refractivity contribution < 1.29 is 111 Å². The second kappa shape index (κ2) is 53.6. The molecule has 2 heterocycles. The number of amides is 2. The quantitative estimate of drug-likeness (QED) is 0.0153. The molecule has 0 aliphatic carbocycles. The Hall–Kier alpha value is -2.26. The summed E-state index contributed by atoms with van der Waals surface area (Å²) in [4.78, 5) is 96.5. The van der Waals surface area contributed by atoms with Gasteiger partial charge in [-0.05, 0) is 25.7 Å². The van der Waals surface area contributed by atoms with Crippen LogP contribution in [0, 0.1) is 0 Å². The Morgan fingerprint density at radius 3 is 1.02 bits per heavy atom. The summed E-state index contributed by atoms with van der Waals surface area (Å²) in [6, 6.07) is -3.75. The number of rotatable bonds is 60. The van der Waals surface area contributed by atoms with Crippen molar-refractivity contribution in [2.75, 3.05) is 13.2 Å². The van der Waals surface area contributed by atoms with Crippen molar-refractivity contribution in [2.45, 2.75) is 396 Å². The molecule has 2 aliphatic heterocycles. The summed E-state index contributed by atoms with van der Waals surface area (Å²) in [6.45, 7) is 6.55. The van der Waals surface area contributed by atoms with Crippen LogP contribution in [0.5, 0.6) is 0 Å². The molecule has 14 atom stereocenters. The number of aliphatic hydroxyl groups excluding tert-OH is 6. The first-order valence-electron chi connectivity index (χ1n) is 36.8. The Kier molecular flexibility index (Phi) is 50.1. The van der Waals surface area contributed by atoms with Gasteiger partial charge in [-0.15, -0.1) is 0 Å². The van der Waals surface area contributed by atoms with Gasteiger partial charge in [-0.3, -0.25) is 28.2 Å². The number of hydrogen-bond donors (Lipinski definition) is 12. The van der Waals surface area contributed by atoms with E-state index >= 15 is 0 Å². The summed E-state index contributed by atoms with van der Waals surface area (Å²) in [7, 11) is -11.2. The first kappa shape index (κ1) is 88.8. The Labute approximate surface area is 568 Å². The van der Waals surface area contributed by atoms with E-state index in [9.17, 15) is 78.5 Å². The van der Waals surface area contributed by atoms with Gasteiger partial charge >= 0.3 is 27.6 Å². The minimum Gasteiger partial charge on any atom is -0.457 e. The van der Waals surface area contributed by atoms with Gasteiger partial charge in [0.25, 0.3) is 0 Å². The SMILES string of the molecule is CCCCCCCCCCC[C@@H](O)CC(=O)N[C@H]1C(OC(=O)C[C@H](O)CCCCCCCCCCC)[C@H](O)C(CO[C@H]2OC(CO)[C@@H](OP(=O)(O)O)C(OC(=O)C[C@H](O)CCCCCCCCCCC)[C@@H]2NC(=O)C[C@H](O)CCCCCCCCCCC)O[C@@H]1OP(=O)(O)O. The third-order valence-corrected chi connectivity index (χ3v) is 18.8. The highest BCUT2D eigenvalue weighted by Crippen LogP contribution is 2.44. The lowest BCUT2D eigenvalue weighted by Crippen LogP contribution is -2.68. The molecule has 95 heavy (non-hydrogen) atoms. The van der Waals surface area contributed by atoms with E-state index < -0.39 is 164 Å². The molecular weight excluding hydrogens is 1270 g/mol. The molecule has 0 bridgehead atoms. The van der Waals surface area contributed by atoms with Crippen molar-refractivity contribution in [2.24, 2.45) is 0 Å². The molecule has 0 spiro atoms. The third-order valence-electron chi connectivity index (χ3n) is 17.8. The molecule has 2 saturated heterocycles. The van der Waals surface area contributed by atoms with Gasteiger partial charge in [0.2, 0.25) is 11.8 Å². The number of carbonyl (C=O) groups is 4. The molecule has 0 aromatic heterocycles. The monoisotopic (exact) mass is 1400 g/mol. The second-order valence-electron chi connectivity index (χ2n) is 26.7. The maximum atomic E-state index is 14.1. The van der Waals surface area contributed by atoms with Crippen LogP contribution in [-0.2, 0) is 61.0 Å². The van der Waals surface area contributed by atoms with Gasteiger partial charge in [-0.25, -0.2) is 9.13 Å². The zero-order valence-electron chi connectivity index (χ0n) is 58.3. The van der Waals surface area contributed by atoms with Crippen LogP contribution in [0.25, 0.3) is 0 Å². The fourth-order valence-electron chi connectivity index (χ4n) is 12.4. The first-order valence-corrected chi connectivity index (χ1v) is 39.9. The van der Waals surface area contributed by atoms with Crippen LogP contribution >= 0.6 is 15.6 Å². The Balaban J connectivity index is 2.55. The molecule has 4 unspecified atom stereocenters. The van der Waals surface area contributed by atoms with E-state index in [2.05, 4.69) is 38.3 Å². The second-order valence-corrected chi connectivity index (χ2v) is 29.1. The zero-order valence-corrected chi connectivity index (χ0v) is 60.1. The van der Waals surface area contributed by atoms with Gasteiger partial charge < -0.3 is 84.5 Å². The molecule has 0 saturated carbocycles. The van der Waals surface area contributed by atoms with Crippen LogP contribution in [0.3, 0.4) is 0 Å². The summed E-state index contributed by atoms with van der Waals surface area (Å²) in [5, 5.41) is 72.2. The summed E-state index contributed by atoms with van der Waals surface area (Å²) < 4.78 is 65.3. The van der Waals surface area contributed by atoms with Crippen LogP contribution in [0.15, 0.2) is 0 Å². The summed E-state index contributed by atoms with van der Waals surface area (Å²) >= 11 is 0. The average molecular weight is 1410 g/mol. The number of unbranched alkanes of at least 4 members (excludes halogenated alkanes) is 32. The number of aliphatic hydroxyl groups is 6. The standard InChI is InChI=1S/C68H130N2O23P2/c1-5-9-13-17-21-25-29-33-37-41-51(72)45-57(76)69-61-65(90-59(78)47-53(74)43-39-35-31-27-23-19-15-11-7-3)63(80)56(89-68(61)93-95(84,85)86)50-87-67-62(70-58(77)46-52(73)42-38-34-30-26-22-18-14-10-6-2)66(64(55(49-71)88-67)92-94(81,82)83)91-60(79)48-54(75)44-40-36-32-28-24-20-16-12-8-4/h51-56,61-68,71-75,80H,5-50H2,1-4H3,(H,69,76)(H,70,77)(H2,81,82,83)(H2,84,85,86)/t51-,52-,53-,54-,55?,56?,61+,62+,63-,64-,65?,66?,67+,68-/m1/s1. The topological polar surface area (TPSA) is 393 Å². The maximum Gasteiger partial charge on any atom is 0.472 e. The van der Waals surface area contributed by atoms with Crippen molar-refractivity contribution in [3.8, 4) is 0 Å². The predicted molar refractivity (Wildman–Crippen MR) is 360 cm³/mol.